The summed E-state index contributed by atoms with van der Waals surface area (Å²) in [5.74, 6) is 0.302. The highest BCUT2D eigenvalue weighted by Gasteiger charge is 2.60. The summed E-state index contributed by atoms with van der Waals surface area (Å²) >= 11 is 0. The summed E-state index contributed by atoms with van der Waals surface area (Å²) < 4.78 is 0. The highest BCUT2D eigenvalue weighted by Crippen LogP contribution is 2.59. The van der Waals surface area contributed by atoms with Crippen molar-refractivity contribution in [3.63, 3.8) is 0 Å². The Hall–Kier alpha value is -2.34. The van der Waals surface area contributed by atoms with Gasteiger partial charge in [0.2, 0.25) is 0 Å². The first-order valence-electron chi connectivity index (χ1n) is 7.47. The van der Waals surface area contributed by atoms with Gasteiger partial charge in [0, 0.05) is 24.5 Å². The molecule has 4 rings (SSSR count). The molecule has 6 nitrogen and oxygen atoms in total. The van der Waals surface area contributed by atoms with Crippen LogP contribution >= 0.6 is 0 Å². The average molecular weight is 295 g/mol. The van der Waals surface area contributed by atoms with E-state index in [2.05, 4.69) is 20.3 Å². The molecule has 2 aromatic heterocycles. The topological polar surface area (TPSA) is 93.8 Å². The lowest BCUT2D eigenvalue weighted by Crippen LogP contribution is -2.47. The predicted molar refractivity (Wildman–Crippen MR) is 80.8 cm³/mol. The van der Waals surface area contributed by atoms with Gasteiger partial charge < -0.3 is 11.1 Å². The average Bonchev–Trinajstić information content (AvgIpc) is 3.19. The number of nitrogens with two attached hydrogens (primary N) is 1. The summed E-state index contributed by atoms with van der Waals surface area (Å²) in [6.07, 6.45) is 6.33. The lowest BCUT2D eigenvalue weighted by Gasteiger charge is -2.36. The first-order valence-corrected chi connectivity index (χ1v) is 7.47. The molecule has 6 heteroatoms. The van der Waals surface area contributed by atoms with Gasteiger partial charge in [-0.3, -0.25) is 9.78 Å². The number of hydrogen-bond acceptors (Lipinski definition) is 5. The molecule has 0 saturated heterocycles. The Morgan fingerprint density at radius 3 is 2.68 bits per heavy atom. The summed E-state index contributed by atoms with van der Waals surface area (Å²) in [6.45, 7) is 0. The van der Waals surface area contributed by atoms with E-state index in [9.17, 15) is 4.79 Å². The van der Waals surface area contributed by atoms with E-state index >= 15 is 0 Å². The van der Waals surface area contributed by atoms with Crippen molar-refractivity contribution in [3.05, 3.63) is 42.4 Å². The molecule has 2 saturated carbocycles. The number of carbonyl (C=O) groups is 1. The van der Waals surface area contributed by atoms with Crippen LogP contribution < -0.4 is 11.1 Å². The number of amides is 1. The van der Waals surface area contributed by atoms with Crippen LogP contribution in [0.4, 0.5) is 0 Å². The van der Waals surface area contributed by atoms with E-state index in [1.54, 1.807) is 18.5 Å². The zero-order valence-corrected chi connectivity index (χ0v) is 12.1. The Morgan fingerprint density at radius 2 is 2.00 bits per heavy atom. The summed E-state index contributed by atoms with van der Waals surface area (Å²) in [5, 5.41) is 3.02. The van der Waals surface area contributed by atoms with Crippen LogP contribution in [0.1, 0.15) is 29.8 Å². The lowest BCUT2D eigenvalue weighted by molar-refractivity contribution is 0.0868. The molecule has 2 aliphatic carbocycles. The Morgan fingerprint density at radius 1 is 1.18 bits per heavy atom. The van der Waals surface area contributed by atoms with Crippen molar-refractivity contribution in [2.24, 2.45) is 11.1 Å². The molecule has 2 aromatic rings. The van der Waals surface area contributed by atoms with Crippen LogP contribution in [-0.2, 0) is 0 Å². The van der Waals surface area contributed by atoms with E-state index in [1.165, 1.54) is 0 Å². The van der Waals surface area contributed by atoms with Gasteiger partial charge in [0.25, 0.3) is 5.91 Å². The van der Waals surface area contributed by atoms with Crippen molar-refractivity contribution >= 4 is 5.91 Å². The van der Waals surface area contributed by atoms with Gasteiger partial charge in [-0.05, 0) is 42.9 Å². The highest BCUT2D eigenvalue weighted by molar-refractivity contribution is 5.92. The molecule has 0 aliphatic heterocycles. The second-order valence-corrected chi connectivity index (χ2v) is 6.23. The van der Waals surface area contributed by atoms with Crippen LogP contribution in [-0.4, -0.2) is 32.9 Å². The van der Waals surface area contributed by atoms with Gasteiger partial charge >= 0.3 is 0 Å². The van der Waals surface area contributed by atoms with Gasteiger partial charge in [0.15, 0.2) is 5.82 Å². The first-order chi connectivity index (χ1) is 10.7. The summed E-state index contributed by atoms with van der Waals surface area (Å²) in [4.78, 5) is 25.0. The van der Waals surface area contributed by atoms with Crippen LogP contribution in [0.3, 0.4) is 0 Å². The van der Waals surface area contributed by atoms with Crippen LogP contribution in [0, 0.1) is 5.41 Å². The second kappa shape index (κ2) is 4.84. The van der Waals surface area contributed by atoms with E-state index in [0.29, 0.717) is 28.7 Å². The first kappa shape index (κ1) is 13.3. The van der Waals surface area contributed by atoms with Gasteiger partial charge in [0.05, 0.1) is 0 Å². The lowest BCUT2D eigenvalue weighted by atomic mass is 9.76. The molecule has 3 N–H and O–H groups in total. The van der Waals surface area contributed by atoms with Crippen molar-refractivity contribution in [1.82, 2.24) is 20.3 Å². The zero-order valence-electron chi connectivity index (χ0n) is 12.1. The van der Waals surface area contributed by atoms with E-state index in [4.69, 9.17) is 5.73 Å². The number of carbonyl (C=O) groups excluding carboxylic acids is 1. The van der Waals surface area contributed by atoms with Crippen molar-refractivity contribution < 1.29 is 4.79 Å². The molecular weight excluding hydrogens is 278 g/mol. The Kier molecular flexibility index (Phi) is 2.94. The van der Waals surface area contributed by atoms with E-state index in [0.717, 1.165) is 19.3 Å². The maximum absolute atomic E-state index is 12.3. The monoisotopic (exact) mass is 295 g/mol. The third-order valence-corrected chi connectivity index (χ3v) is 4.68. The van der Waals surface area contributed by atoms with Gasteiger partial charge in [-0.2, -0.15) is 0 Å². The standard InChI is InChI=1S/C16H17N5O/c17-13-9-16(13)7-10(8-16)20-15(22)12-4-6-19-14(21-12)11-3-1-2-5-18-11/h1-6,10,13H,7-9,17H2,(H,20,22). The largest absolute Gasteiger partial charge is 0.348 e. The number of aromatic nitrogens is 3. The quantitative estimate of drug-likeness (QED) is 0.886. The number of rotatable bonds is 3. The van der Waals surface area contributed by atoms with Gasteiger partial charge in [-0.1, -0.05) is 6.07 Å². The van der Waals surface area contributed by atoms with Crippen molar-refractivity contribution in [2.75, 3.05) is 0 Å². The molecule has 0 aromatic carbocycles. The minimum Gasteiger partial charge on any atom is -0.348 e. The number of nitrogens with zero attached hydrogens (tertiary/aromatic N) is 3. The maximum atomic E-state index is 12.3. The van der Waals surface area contributed by atoms with Crippen molar-refractivity contribution in [2.45, 2.75) is 31.3 Å². The third-order valence-electron chi connectivity index (χ3n) is 4.68. The van der Waals surface area contributed by atoms with Gasteiger partial charge in [-0.25, -0.2) is 9.97 Å². The highest BCUT2D eigenvalue weighted by atomic mass is 16.1. The number of hydrogen-bond donors (Lipinski definition) is 2. The number of nitrogens with one attached hydrogen (secondary N) is 1. The van der Waals surface area contributed by atoms with E-state index in [1.807, 2.05) is 18.2 Å². The molecule has 1 unspecified atom stereocenters. The molecule has 2 aliphatic rings. The minimum atomic E-state index is -0.159. The van der Waals surface area contributed by atoms with Crippen LogP contribution in [0.5, 0.6) is 0 Å². The van der Waals surface area contributed by atoms with Crippen LogP contribution in [0.2, 0.25) is 0 Å². The molecule has 112 valence electrons. The van der Waals surface area contributed by atoms with Gasteiger partial charge in [-0.15, -0.1) is 0 Å². The normalized spacial score (nSPS) is 29.0. The Balaban J connectivity index is 1.45. The molecule has 2 fully saturated rings. The predicted octanol–water partition coefficient (Wildman–Crippen LogP) is 1.15. The smallest absolute Gasteiger partial charge is 0.270 e. The fraction of sp³-hybridized carbons (Fsp3) is 0.375. The van der Waals surface area contributed by atoms with Crippen LogP contribution in [0.25, 0.3) is 11.5 Å². The fourth-order valence-corrected chi connectivity index (χ4v) is 3.24. The summed E-state index contributed by atoms with van der Waals surface area (Å²) in [5.41, 5.74) is 7.26. The Labute approximate surface area is 128 Å². The fourth-order valence-electron chi connectivity index (χ4n) is 3.24. The summed E-state index contributed by atoms with van der Waals surface area (Å²) in [7, 11) is 0. The van der Waals surface area contributed by atoms with E-state index in [-0.39, 0.29) is 11.9 Å². The molecule has 1 spiro atoms. The Bertz CT molecular complexity index is 711. The molecule has 2 heterocycles. The molecule has 1 atom stereocenters. The molecule has 1 amide bonds. The van der Waals surface area contributed by atoms with Crippen molar-refractivity contribution in [1.29, 1.82) is 0 Å². The second-order valence-electron chi connectivity index (χ2n) is 6.23. The van der Waals surface area contributed by atoms with Gasteiger partial charge in [0.1, 0.15) is 11.4 Å². The number of pyridine rings is 1. The molecule has 0 radical (unpaired) electrons. The van der Waals surface area contributed by atoms with Crippen LogP contribution in [0.15, 0.2) is 36.7 Å². The maximum Gasteiger partial charge on any atom is 0.270 e. The SMILES string of the molecule is NC1CC12CC(NC(=O)c1ccnc(-c3ccccn3)n1)C2. The molecule has 22 heavy (non-hydrogen) atoms. The molecular formula is C16H17N5O. The summed E-state index contributed by atoms with van der Waals surface area (Å²) in [6, 6.07) is 7.69. The zero-order chi connectivity index (χ0) is 15.2. The van der Waals surface area contributed by atoms with Crippen molar-refractivity contribution in [3.8, 4) is 11.5 Å². The third kappa shape index (κ3) is 2.25. The minimum absolute atomic E-state index is 0.159. The molecule has 0 bridgehead atoms. The van der Waals surface area contributed by atoms with E-state index < -0.39 is 0 Å².